The highest BCUT2D eigenvalue weighted by Gasteiger charge is 2.60. The van der Waals surface area contributed by atoms with E-state index in [4.69, 9.17) is 19.9 Å². The molecule has 0 unspecified atom stereocenters. The van der Waals surface area contributed by atoms with Crippen LogP contribution in [0.25, 0.3) is 11.1 Å². The quantitative estimate of drug-likeness (QED) is 0.107. The largest absolute Gasteiger partial charge is 0.448 e. The number of aromatic nitrogens is 2. The molecule has 6 aromatic rings. The van der Waals surface area contributed by atoms with Crippen LogP contribution in [0.15, 0.2) is 160 Å². The van der Waals surface area contributed by atoms with E-state index in [-0.39, 0.29) is 5.97 Å². The normalized spacial score (nSPS) is 15.5. The van der Waals surface area contributed by atoms with Crippen LogP contribution in [0.5, 0.6) is 0 Å². The Morgan fingerprint density at radius 3 is 1.76 bits per heavy atom. The lowest BCUT2D eigenvalue weighted by molar-refractivity contribution is 0.00734. The molecule has 0 bridgehead atoms. The van der Waals surface area contributed by atoms with Gasteiger partial charge in [-0.2, -0.15) is 0 Å². The van der Waals surface area contributed by atoms with E-state index in [1.807, 2.05) is 48.7 Å². The van der Waals surface area contributed by atoms with Gasteiger partial charge in [0.15, 0.2) is 11.3 Å². The van der Waals surface area contributed by atoms with Crippen molar-refractivity contribution in [2.75, 3.05) is 0 Å². The molecule has 8 heteroatoms. The van der Waals surface area contributed by atoms with Gasteiger partial charge in [0, 0.05) is 18.5 Å². The zero-order valence-electron chi connectivity index (χ0n) is 28.9. The number of hydrogen-bond acceptors (Lipinski definition) is 7. The highest BCUT2D eigenvalue weighted by molar-refractivity contribution is 5.92. The average molecular weight is 671 g/mol. The molecule has 0 radical (unpaired) electrons. The molecule has 0 aliphatic carbocycles. The van der Waals surface area contributed by atoms with Gasteiger partial charge in [0.2, 0.25) is 5.66 Å². The Labute approximate surface area is 297 Å². The molecule has 0 amide bonds. The number of carbonyl (C=O) groups excluding carboxylic acids is 1. The minimum absolute atomic E-state index is 0.320. The smallest absolute Gasteiger partial charge is 0.358 e. The van der Waals surface area contributed by atoms with Crippen molar-refractivity contribution < 1.29 is 9.53 Å². The summed E-state index contributed by atoms with van der Waals surface area (Å²) in [5.74, 6) is 0.582. The van der Waals surface area contributed by atoms with E-state index in [0.717, 1.165) is 57.6 Å². The van der Waals surface area contributed by atoms with Gasteiger partial charge >= 0.3 is 5.97 Å². The molecule has 2 aliphatic rings. The van der Waals surface area contributed by atoms with Crippen molar-refractivity contribution in [2.45, 2.75) is 56.8 Å². The minimum Gasteiger partial charge on any atom is -0.448 e. The lowest BCUT2D eigenvalue weighted by Crippen LogP contribution is -2.48. The monoisotopic (exact) mass is 670 g/mol. The van der Waals surface area contributed by atoms with E-state index in [9.17, 15) is 4.79 Å². The maximum absolute atomic E-state index is 13.0. The zero-order valence-corrected chi connectivity index (χ0v) is 28.9. The van der Waals surface area contributed by atoms with Crippen LogP contribution in [-0.2, 0) is 34.4 Å². The molecular weight excluding hydrogens is 633 g/mol. The minimum atomic E-state index is -1.29. The molecule has 3 heterocycles. The van der Waals surface area contributed by atoms with E-state index in [1.54, 1.807) is 0 Å². The van der Waals surface area contributed by atoms with Gasteiger partial charge in [-0.25, -0.2) is 9.78 Å². The topological polar surface area (TPSA) is 93.6 Å². The van der Waals surface area contributed by atoms with Gasteiger partial charge in [0.1, 0.15) is 11.5 Å². The zero-order chi connectivity index (χ0) is 35.1. The van der Waals surface area contributed by atoms with Gasteiger partial charge < -0.3 is 9.30 Å². The van der Waals surface area contributed by atoms with Crippen LogP contribution in [0, 0.1) is 0 Å². The highest BCUT2D eigenvalue weighted by atomic mass is 16.6. The predicted molar refractivity (Wildman–Crippen MR) is 196 cm³/mol. The lowest BCUT2D eigenvalue weighted by Gasteiger charge is -2.45. The Kier molecular flexibility index (Phi) is 8.02. The summed E-state index contributed by atoms with van der Waals surface area (Å²) in [6.45, 7) is 6.43. The van der Waals surface area contributed by atoms with Crippen molar-refractivity contribution in [1.82, 2.24) is 9.55 Å². The molecule has 8 rings (SSSR count). The SMILES string of the molecule is CCCc1nc2c(n1Cc1ccc(-c3ccccc3C3(C(c4ccccc4)(c4ccccc4)c4ccccc4)N=NN=N3)cc1)C(=O)OC2(C)C. The molecule has 2 aliphatic heterocycles. The third-order valence-corrected chi connectivity index (χ3v) is 10.1. The summed E-state index contributed by atoms with van der Waals surface area (Å²) in [5, 5.41) is 18.5. The molecule has 252 valence electrons. The van der Waals surface area contributed by atoms with Gasteiger partial charge in [-0.05, 0) is 64.1 Å². The lowest BCUT2D eigenvalue weighted by atomic mass is 9.59. The maximum Gasteiger partial charge on any atom is 0.358 e. The van der Waals surface area contributed by atoms with E-state index >= 15 is 0 Å². The first-order valence-corrected chi connectivity index (χ1v) is 17.4. The summed E-state index contributed by atoms with van der Waals surface area (Å²) in [6, 6.07) is 48.0. The van der Waals surface area contributed by atoms with Crippen molar-refractivity contribution in [3.8, 4) is 11.1 Å². The Morgan fingerprint density at radius 1 is 0.686 bits per heavy atom. The molecular formula is C43H38N6O2. The van der Waals surface area contributed by atoms with Crippen LogP contribution in [0.2, 0.25) is 0 Å². The van der Waals surface area contributed by atoms with Crippen molar-refractivity contribution in [3.63, 3.8) is 0 Å². The number of hydrogen-bond donors (Lipinski definition) is 0. The van der Waals surface area contributed by atoms with Crippen molar-refractivity contribution in [2.24, 2.45) is 20.7 Å². The van der Waals surface area contributed by atoms with Crippen molar-refractivity contribution >= 4 is 5.97 Å². The number of ether oxygens (including phenoxy) is 1. The molecule has 0 fully saturated rings. The van der Waals surface area contributed by atoms with Crippen LogP contribution < -0.4 is 0 Å². The van der Waals surface area contributed by atoms with Crippen LogP contribution in [0.4, 0.5) is 0 Å². The van der Waals surface area contributed by atoms with Gasteiger partial charge in [0.05, 0.1) is 5.41 Å². The first-order valence-electron chi connectivity index (χ1n) is 17.4. The number of fused-ring (bicyclic) bond motifs is 1. The van der Waals surface area contributed by atoms with Crippen LogP contribution >= 0.6 is 0 Å². The second-order valence-corrected chi connectivity index (χ2v) is 13.6. The van der Waals surface area contributed by atoms with Gasteiger partial charge in [-0.15, -0.1) is 10.2 Å². The molecule has 0 spiro atoms. The first kappa shape index (κ1) is 32.2. The van der Waals surface area contributed by atoms with Crippen LogP contribution in [0.3, 0.4) is 0 Å². The number of rotatable bonds is 10. The first-order chi connectivity index (χ1) is 24.9. The van der Waals surface area contributed by atoms with E-state index in [2.05, 4.69) is 127 Å². The van der Waals surface area contributed by atoms with E-state index in [0.29, 0.717) is 17.9 Å². The average Bonchev–Trinajstić information content (AvgIpc) is 3.86. The van der Waals surface area contributed by atoms with Gasteiger partial charge in [0.25, 0.3) is 0 Å². The maximum atomic E-state index is 13.0. The van der Waals surface area contributed by atoms with Gasteiger partial charge in [-0.1, -0.05) is 146 Å². The molecule has 0 saturated heterocycles. The number of esters is 1. The fourth-order valence-electron chi connectivity index (χ4n) is 7.87. The Morgan fingerprint density at radius 2 is 1.22 bits per heavy atom. The van der Waals surface area contributed by atoms with Crippen LogP contribution in [0.1, 0.15) is 77.0 Å². The highest BCUT2D eigenvalue weighted by Crippen LogP contribution is 2.58. The summed E-state index contributed by atoms with van der Waals surface area (Å²) >= 11 is 0. The molecule has 1 aromatic heterocycles. The summed E-state index contributed by atoms with van der Waals surface area (Å²) in [6.07, 6.45) is 1.70. The molecule has 0 N–H and O–H groups in total. The fourth-order valence-corrected chi connectivity index (χ4v) is 7.87. The van der Waals surface area contributed by atoms with Crippen LogP contribution in [-0.4, -0.2) is 15.5 Å². The number of carbonyl (C=O) groups is 1. The Hall–Kier alpha value is -6.02. The molecule has 8 nitrogen and oxygen atoms in total. The third kappa shape index (κ3) is 5.12. The summed E-state index contributed by atoms with van der Waals surface area (Å²) < 4.78 is 7.72. The molecule has 5 aromatic carbocycles. The predicted octanol–water partition coefficient (Wildman–Crippen LogP) is 9.98. The number of benzene rings is 5. The summed E-state index contributed by atoms with van der Waals surface area (Å²) in [5.41, 5.74) is 5.25. The second-order valence-electron chi connectivity index (χ2n) is 13.6. The number of imidazole rings is 1. The number of cyclic esters (lactones) is 1. The molecule has 51 heavy (non-hydrogen) atoms. The van der Waals surface area contributed by atoms with E-state index in [1.165, 1.54) is 0 Å². The number of aryl methyl sites for hydroxylation is 1. The number of nitrogens with zero attached hydrogens (tertiary/aromatic N) is 6. The molecule has 0 atom stereocenters. The Balaban J connectivity index is 1.28. The molecule has 0 saturated carbocycles. The van der Waals surface area contributed by atoms with Crippen molar-refractivity contribution in [3.05, 3.63) is 185 Å². The summed E-state index contributed by atoms with van der Waals surface area (Å²) in [4.78, 5) is 17.9. The standard InChI is InChI=1S/C43H38N6O2/c1-4-16-37-44-39-38(40(50)51-41(39,2)3)49(37)29-30-25-27-31(28-26-30)35-23-14-15-24-36(35)43(45-47-48-46-43)42(32-17-8-5-9-18-32,33-19-10-6-11-20-33)34-21-12-7-13-22-34/h5-15,17-28H,4,16,29H2,1-3H3. The second kappa shape index (κ2) is 12.7. The Bertz CT molecular complexity index is 2150. The fraction of sp³-hybridized carbons (Fsp3) is 0.209. The van der Waals surface area contributed by atoms with Crippen molar-refractivity contribution in [1.29, 1.82) is 0 Å². The van der Waals surface area contributed by atoms with E-state index < -0.39 is 16.7 Å². The third-order valence-electron chi connectivity index (χ3n) is 10.1. The van der Waals surface area contributed by atoms with Gasteiger partial charge in [-0.3, -0.25) is 0 Å². The summed E-state index contributed by atoms with van der Waals surface area (Å²) in [7, 11) is 0.